The van der Waals surface area contributed by atoms with Gasteiger partial charge in [0.1, 0.15) is 0 Å². The van der Waals surface area contributed by atoms with Gasteiger partial charge in [-0.25, -0.2) is 4.79 Å². The van der Waals surface area contributed by atoms with Gasteiger partial charge in [0, 0.05) is 6.07 Å². The topological polar surface area (TPSA) is 44.1 Å². The molecular formula is C23H19ClN2O2. The number of rotatable bonds is 4. The smallest absolute Gasteiger partial charge is 0.345 e. The second-order valence-electron chi connectivity index (χ2n) is 6.84. The van der Waals surface area contributed by atoms with Crippen molar-refractivity contribution < 1.29 is 9.53 Å². The lowest BCUT2D eigenvalue weighted by atomic mass is 10.1. The highest BCUT2D eigenvalue weighted by Crippen LogP contribution is 2.29. The number of nitrogens with zero attached hydrogens (tertiary/aromatic N) is 2. The van der Waals surface area contributed by atoms with Gasteiger partial charge in [0.05, 0.1) is 22.0 Å². The Morgan fingerprint density at radius 2 is 1.71 bits per heavy atom. The summed E-state index contributed by atoms with van der Waals surface area (Å²) >= 11 is 6.35. The number of ether oxygens (including phenoxy) is 1. The summed E-state index contributed by atoms with van der Waals surface area (Å²) in [6.07, 6.45) is 0. The van der Waals surface area contributed by atoms with Crippen molar-refractivity contribution in [1.82, 2.24) is 9.78 Å². The molecule has 3 aromatic carbocycles. The van der Waals surface area contributed by atoms with Gasteiger partial charge in [0.15, 0.2) is 0 Å². The quantitative estimate of drug-likeness (QED) is 0.400. The number of esters is 1. The van der Waals surface area contributed by atoms with Gasteiger partial charge in [-0.3, -0.25) is 0 Å². The molecule has 0 N–H and O–H groups in total. The Morgan fingerprint density at radius 1 is 1.00 bits per heavy atom. The lowest BCUT2D eigenvalue weighted by Crippen LogP contribution is -2.12. The van der Waals surface area contributed by atoms with Crippen molar-refractivity contribution >= 4 is 28.3 Å². The molecule has 0 fully saturated rings. The lowest BCUT2D eigenvalue weighted by Gasteiger charge is -2.10. The van der Waals surface area contributed by atoms with E-state index in [-0.39, 0.29) is 5.92 Å². The predicted molar refractivity (Wildman–Crippen MR) is 112 cm³/mol. The zero-order valence-electron chi connectivity index (χ0n) is 15.6. The number of carbonyl (C=O) groups excluding carboxylic acids is 1. The number of hydrogen-bond acceptors (Lipinski definition) is 3. The van der Waals surface area contributed by atoms with Crippen molar-refractivity contribution in [3.63, 3.8) is 0 Å². The SMILES string of the molecule is CC(C)c1cc(OC(=O)c2cccc3ccccc23)n(-c2ccccc2Cl)n1. The molecule has 5 heteroatoms. The Kier molecular flexibility index (Phi) is 4.88. The summed E-state index contributed by atoms with van der Waals surface area (Å²) in [5.41, 5.74) is 1.99. The standard InChI is InChI=1S/C23H19ClN2O2/c1-15(2)20-14-22(26(25-20)21-13-6-5-12-19(21)24)28-23(27)18-11-7-9-16-8-3-4-10-17(16)18/h3-15H,1-2H3. The first-order chi connectivity index (χ1) is 13.5. The monoisotopic (exact) mass is 390 g/mol. The highest BCUT2D eigenvalue weighted by Gasteiger charge is 2.19. The van der Waals surface area contributed by atoms with Gasteiger partial charge in [-0.1, -0.05) is 74.0 Å². The number of hydrogen-bond donors (Lipinski definition) is 0. The van der Waals surface area contributed by atoms with Crippen LogP contribution in [0.2, 0.25) is 5.02 Å². The minimum atomic E-state index is -0.430. The molecule has 1 heterocycles. The normalized spacial score (nSPS) is 11.1. The van der Waals surface area contributed by atoms with Crippen LogP contribution >= 0.6 is 11.6 Å². The number of carbonyl (C=O) groups is 1. The maximum absolute atomic E-state index is 13.0. The summed E-state index contributed by atoms with van der Waals surface area (Å²) in [4.78, 5) is 13.0. The molecule has 0 aliphatic carbocycles. The molecule has 0 saturated heterocycles. The van der Waals surface area contributed by atoms with E-state index in [4.69, 9.17) is 16.3 Å². The molecule has 0 spiro atoms. The molecule has 0 aliphatic rings. The van der Waals surface area contributed by atoms with Crippen molar-refractivity contribution in [3.8, 4) is 11.6 Å². The fraction of sp³-hybridized carbons (Fsp3) is 0.130. The van der Waals surface area contributed by atoms with Crippen LogP contribution in [0.25, 0.3) is 16.5 Å². The minimum absolute atomic E-state index is 0.179. The van der Waals surface area contributed by atoms with E-state index in [1.807, 2.05) is 68.4 Å². The van der Waals surface area contributed by atoms with E-state index in [1.165, 1.54) is 0 Å². The van der Waals surface area contributed by atoms with Crippen molar-refractivity contribution in [2.75, 3.05) is 0 Å². The molecule has 4 aromatic rings. The Labute approximate surface area is 168 Å². The maximum atomic E-state index is 13.0. The molecule has 140 valence electrons. The molecule has 0 bridgehead atoms. The van der Waals surface area contributed by atoms with Crippen LogP contribution in [0, 0.1) is 0 Å². The van der Waals surface area contributed by atoms with E-state index in [0.717, 1.165) is 16.5 Å². The molecule has 0 radical (unpaired) electrons. The van der Waals surface area contributed by atoms with Crippen LogP contribution in [0.3, 0.4) is 0 Å². The van der Waals surface area contributed by atoms with Gasteiger partial charge in [-0.15, -0.1) is 0 Å². The second kappa shape index (κ2) is 7.49. The largest absolute Gasteiger partial charge is 0.404 e. The Morgan fingerprint density at radius 3 is 2.50 bits per heavy atom. The zero-order valence-corrected chi connectivity index (χ0v) is 16.4. The van der Waals surface area contributed by atoms with E-state index < -0.39 is 5.97 Å². The summed E-state index contributed by atoms with van der Waals surface area (Å²) in [5, 5.41) is 6.97. The average molecular weight is 391 g/mol. The molecule has 0 saturated carbocycles. The van der Waals surface area contributed by atoms with E-state index in [0.29, 0.717) is 22.2 Å². The number of para-hydroxylation sites is 1. The molecule has 4 rings (SSSR count). The Balaban J connectivity index is 1.77. The summed E-state index contributed by atoms with van der Waals surface area (Å²) in [7, 11) is 0. The van der Waals surface area contributed by atoms with Crippen molar-refractivity contribution in [2.24, 2.45) is 0 Å². The highest BCUT2D eigenvalue weighted by atomic mass is 35.5. The third kappa shape index (κ3) is 3.39. The number of benzene rings is 3. The highest BCUT2D eigenvalue weighted by molar-refractivity contribution is 6.32. The van der Waals surface area contributed by atoms with Gasteiger partial charge < -0.3 is 4.74 Å². The minimum Gasteiger partial charge on any atom is -0.404 e. The second-order valence-corrected chi connectivity index (χ2v) is 7.25. The average Bonchev–Trinajstić information content (AvgIpc) is 3.11. The van der Waals surface area contributed by atoms with E-state index in [2.05, 4.69) is 5.10 Å². The van der Waals surface area contributed by atoms with Crippen LogP contribution in [0.15, 0.2) is 72.8 Å². The van der Waals surface area contributed by atoms with Crippen LogP contribution in [0.1, 0.15) is 35.8 Å². The molecular weight excluding hydrogens is 372 g/mol. The predicted octanol–water partition coefficient (Wildman–Crippen LogP) is 6.02. The van der Waals surface area contributed by atoms with Crippen LogP contribution in [-0.4, -0.2) is 15.7 Å². The van der Waals surface area contributed by atoms with Gasteiger partial charge in [0.25, 0.3) is 0 Å². The van der Waals surface area contributed by atoms with Crippen LogP contribution in [0.5, 0.6) is 5.88 Å². The molecule has 0 unspecified atom stereocenters. The van der Waals surface area contributed by atoms with E-state index in [9.17, 15) is 4.79 Å². The zero-order chi connectivity index (χ0) is 19.7. The fourth-order valence-electron chi connectivity index (χ4n) is 3.09. The van der Waals surface area contributed by atoms with Crippen LogP contribution < -0.4 is 4.74 Å². The summed E-state index contributed by atoms with van der Waals surface area (Å²) in [6, 6.07) is 22.5. The third-order valence-corrected chi connectivity index (χ3v) is 4.89. The molecule has 4 nitrogen and oxygen atoms in total. The lowest BCUT2D eigenvalue weighted by molar-refractivity contribution is 0.0725. The van der Waals surface area contributed by atoms with Crippen LogP contribution in [-0.2, 0) is 0 Å². The van der Waals surface area contributed by atoms with Gasteiger partial charge in [-0.2, -0.15) is 9.78 Å². The van der Waals surface area contributed by atoms with Gasteiger partial charge in [0.2, 0.25) is 5.88 Å². The first-order valence-electron chi connectivity index (χ1n) is 9.09. The van der Waals surface area contributed by atoms with Crippen LogP contribution in [0.4, 0.5) is 0 Å². The summed E-state index contributed by atoms with van der Waals surface area (Å²) < 4.78 is 7.37. The fourth-order valence-corrected chi connectivity index (χ4v) is 3.30. The van der Waals surface area contributed by atoms with Gasteiger partial charge >= 0.3 is 5.97 Å². The number of fused-ring (bicyclic) bond motifs is 1. The molecule has 0 amide bonds. The summed E-state index contributed by atoms with van der Waals surface area (Å²) in [6.45, 7) is 4.07. The van der Waals surface area contributed by atoms with Crippen molar-refractivity contribution in [2.45, 2.75) is 19.8 Å². The molecule has 1 aromatic heterocycles. The first-order valence-corrected chi connectivity index (χ1v) is 9.47. The number of halogens is 1. The molecule has 28 heavy (non-hydrogen) atoms. The summed E-state index contributed by atoms with van der Waals surface area (Å²) in [5.74, 6) is 0.0915. The van der Waals surface area contributed by atoms with E-state index >= 15 is 0 Å². The van der Waals surface area contributed by atoms with Crippen molar-refractivity contribution in [1.29, 1.82) is 0 Å². The first kappa shape index (κ1) is 18.3. The molecule has 0 atom stereocenters. The van der Waals surface area contributed by atoms with Crippen molar-refractivity contribution in [3.05, 3.63) is 89.1 Å². The number of aromatic nitrogens is 2. The Bertz CT molecular complexity index is 1160. The molecule has 0 aliphatic heterocycles. The van der Waals surface area contributed by atoms with Gasteiger partial charge in [-0.05, 0) is 34.9 Å². The maximum Gasteiger partial charge on any atom is 0.345 e. The third-order valence-electron chi connectivity index (χ3n) is 4.57. The Hall–Kier alpha value is -3.11. The van der Waals surface area contributed by atoms with E-state index in [1.54, 1.807) is 22.9 Å².